The van der Waals surface area contributed by atoms with Crippen molar-refractivity contribution in [2.24, 2.45) is 0 Å². The van der Waals surface area contributed by atoms with E-state index in [9.17, 15) is 0 Å². The van der Waals surface area contributed by atoms with Gasteiger partial charge >= 0.3 is 0 Å². The molecule has 1 rings (SSSR count). The molecule has 0 amide bonds. The van der Waals surface area contributed by atoms with Gasteiger partial charge in [-0.1, -0.05) is 27.2 Å². The van der Waals surface area contributed by atoms with E-state index in [1.54, 1.807) is 0 Å². The van der Waals surface area contributed by atoms with Crippen molar-refractivity contribution < 1.29 is 4.74 Å². The number of likely N-dealkylation sites (tertiary alicyclic amines) is 1. The van der Waals surface area contributed by atoms with Crippen LogP contribution in [0.15, 0.2) is 0 Å². The Morgan fingerprint density at radius 1 is 1.20 bits per heavy atom. The van der Waals surface area contributed by atoms with Crippen LogP contribution in [0.3, 0.4) is 0 Å². The van der Waals surface area contributed by atoms with E-state index in [-0.39, 0.29) is 5.72 Å². The van der Waals surface area contributed by atoms with Gasteiger partial charge in [0.1, 0.15) is 5.72 Å². The summed E-state index contributed by atoms with van der Waals surface area (Å²) < 4.78 is 6.12. The zero-order valence-corrected chi connectivity index (χ0v) is 10.7. The summed E-state index contributed by atoms with van der Waals surface area (Å²) in [6, 6.07) is 0. The molecule has 0 radical (unpaired) electrons. The highest BCUT2D eigenvalue weighted by molar-refractivity contribution is 4.86. The molecule has 2 heteroatoms. The van der Waals surface area contributed by atoms with Crippen LogP contribution in [0, 0.1) is 0 Å². The molecule has 0 spiro atoms. The molecule has 1 aliphatic rings. The number of rotatable bonds is 7. The number of hydrogen-bond donors (Lipinski definition) is 0. The summed E-state index contributed by atoms with van der Waals surface area (Å²) in [6.07, 6.45) is 7.38. The first kappa shape index (κ1) is 13.0. The second-order valence-electron chi connectivity index (χ2n) is 4.59. The van der Waals surface area contributed by atoms with Crippen molar-refractivity contribution in [1.82, 2.24) is 4.90 Å². The van der Waals surface area contributed by atoms with Crippen LogP contribution >= 0.6 is 0 Å². The summed E-state index contributed by atoms with van der Waals surface area (Å²) in [7, 11) is 0. The summed E-state index contributed by atoms with van der Waals surface area (Å²) in [6.45, 7) is 10.1. The fraction of sp³-hybridized carbons (Fsp3) is 1.00. The van der Waals surface area contributed by atoms with Gasteiger partial charge in [-0.2, -0.15) is 0 Å². The molecule has 0 aromatic carbocycles. The molecule has 0 aromatic heterocycles. The van der Waals surface area contributed by atoms with Crippen LogP contribution < -0.4 is 0 Å². The minimum absolute atomic E-state index is 0.0885. The highest BCUT2D eigenvalue weighted by Gasteiger charge is 2.39. The van der Waals surface area contributed by atoms with Gasteiger partial charge in [0.15, 0.2) is 0 Å². The fourth-order valence-electron chi connectivity index (χ4n) is 2.53. The Labute approximate surface area is 95.0 Å². The molecule has 90 valence electrons. The summed E-state index contributed by atoms with van der Waals surface area (Å²) in [5.41, 5.74) is 0.0885. The predicted molar refractivity (Wildman–Crippen MR) is 65.0 cm³/mol. The van der Waals surface area contributed by atoms with E-state index in [1.807, 2.05) is 0 Å². The van der Waals surface area contributed by atoms with Crippen molar-refractivity contribution in [1.29, 1.82) is 0 Å². The van der Waals surface area contributed by atoms with E-state index in [0.717, 1.165) is 19.4 Å². The van der Waals surface area contributed by atoms with Gasteiger partial charge in [0.05, 0.1) is 0 Å². The summed E-state index contributed by atoms with van der Waals surface area (Å²) in [5.74, 6) is 0. The Bertz CT molecular complexity index is 172. The van der Waals surface area contributed by atoms with Gasteiger partial charge < -0.3 is 4.74 Å². The molecule has 15 heavy (non-hydrogen) atoms. The Balaban J connectivity index is 2.51. The highest BCUT2D eigenvalue weighted by atomic mass is 16.5. The first-order chi connectivity index (χ1) is 7.29. The quantitative estimate of drug-likeness (QED) is 0.642. The van der Waals surface area contributed by atoms with Crippen LogP contribution in [0.25, 0.3) is 0 Å². The lowest BCUT2D eigenvalue weighted by atomic mass is 10.1. The lowest BCUT2D eigenvalue weighted by molar-refractivity contribution is -0.138. The van der Waals surface area contributed by atoms with Gasteiger partial charge in [0, 0.05) is 19.7 Å². The molecule has 0 aliphatic carbocycles. The third kappa shape index (κ3) is 3.18. The maximum Gasteiger partial charge on any atom is 0.121 e. The van der Waals surface area contributed by atoms with Gasteiger partial charge in [-0.25, -0.2) is 0 Å². The topological polar surface area (TPSA) is 12.5 Å². The minimum Gasteiger partial charge on any atom is -0.360 e. The van der Waals surface area contributed by atoms with Crippen LogP contribution in [0.1, 0.15) is 59.3 Å². The largest absolute Gasteiger partial charge is 0.360 e. The number of unbranched alkanes of at least 4 members (excludes halogenated alkanes) is 1. The molecule has 1 unspecified atom stereocenters. The van der Waals surface area contributed by atoms with E-state index >= 15 is 0 Å². The van der Waals surface area contributed by atoms with Crippen LogP contribution in [0.2, 0.25) is 0 Å². The monoisotopic (exact) mass is 213 g/mol. The summed E-state index contributed by atoms with van der Waals surface area (Å²) in [5, 5.41) is 0. The molecule has 1 saturated heterocycles. The Morgan fingerprint density at radius 2 is 2.00 bits per heavy atom. The Morgan fingerprint density at radius 3 is 2.60 bits per heavy atom. The number of nitrogens with zero attached hydrogens (tertiary/aromatic N) is 1. The van der Waals surface area contributed by atoms with E-state index in [4.69, 9.17) is 4.74 Å². The maximum atomic E-state index is 6.12. The van der Waals surface area contributed by atoms with Crippen molar-refractivity contribution >= 4 is 0 Å². The van der Waals surface area contributed by atoms with Gasteiger partial charge in [0.2, 0.25) is 0 Å². The fourth-order valence-corrected chi connectivity index (χ4v) is 2.53. The van der Waals surface area contributed by atoms with Crippen molar-refractivity contribution in [3.63, 3.8) is 0 Å². The maximum absolute atomic E-state index is 6.12. The van der Waals surface area contributed by atoms with Gasteiger partial charge in [-0.05, 0) is 32.1 Å². The molecule has 0 aromatic rings. The first-order valence-corrected chi connectivity index (χ1v) is 6.68. The SMILES string of the molecule is CCCCN1CCCC1(CC)OCCC. The van der Waals surface area contributed by atoms with Crippen molar-refractivity contribution in [2.75, 3.05) is 19.7 Å². The Kier molecular flexibility index (Phi) is 5.62. The second-order valence-corrected chi connectivity index (χ2v) is 4.59. The minimum atomic E-state index is 0.0885. The predicted octanol–water partition coefficient (Wildman–Crippen LogP) is 3.42. The lowest BCUT2D eigenvalue weighted by Gasteiger charge is -2.37. The smallest absolute Gasteiger partial charge is 0.121 e. The van der Waals surface area contributed by atoms with Crippen LogP contribution in [-0.2, 0) is 4.74 Å². The van der Waals surface area contributed by atoms with Crippen molar-refractivity contribution in [3.8, 4) is 0 Å². The molecular formula is C13H27NO. The van der Waals surface area contributed by atoms with Crippen LogP contribution in [0.5, 0.6) is 0 Å². The standard InChI is InChI=1S/C13H27NO/c1-4-7-10-14-11-8-9-13(14,6-3)15-12-5-2/h4-12H2,1-3H3. The molecule has 0 N–H and O–H groups in total. The molecule has 1 aliphatic heterocycles. The van der Waals surface area contributed by atoms with Crippen molar-refractivity contribution in [2.45, 2.75) is 65.0 Å². The molecule has 1 atom stereocenters. The van der Waals surface area contributed by atoms with Crippen molar-refractivity contribution in [3.05, 3.63) is 0 Å². The first-order valence-electron chi connectivity index (χ1n) is 6.68. The number of ether oxygens (including phenoxy) is 1. The van der Waals surface area contributed by atoms with Gasteiger partial charge in [-0.15, -0.1) is 0 Å². The normalized spacial score (nSPS) is 27.4. The summed E-state index contributed by atoms with van der Waals surface area (Å²) >= 11 is 0. The van der Waals surface area contributed by atoms with Gasteiger partial charge in [0.25, 0.3) is 0 Å². The highest BCUT2D eigenvalue weighted by Crippen LogP contribution is 2.33. The van der Waals surface area contributed by atoms with E-state index in [0.29, 0.717) is 0 Å². The third-order valence-electron chi connectivity index (χ3n) is 3.48. The average Bonchev–Trinajstić information content (AvgIpc) is 2.67. The van der Waals surface area contributed by atoms with E-state index < -0.39 is 0 Å². The number of hydrogen-bond acceptors (Lipinski definition) is 2. The van der Waals surface area contributed by atoms with E-state index in [2.05, 4.69) is 25.7 Å². The zero-order valence-electron chi connectivity index (χ0n) is 10.7. The summed E-state index contributed by atoms with van der Waals surface area (Å²) in [4.78, 5) is 2.58. The van der Waals surface area contributed by atoms with Crippen LogP contribution in [-0.4, -0.2) is 30.3 Å². The molecule has 2 nitrogen and oxygen atoms in total. The average molecular weight is 213 g/mol. The zero-order chi connectivity index (χ0) is 11.1. The molecule has 0 bridgehead atoms. The molecule has 1 heterocycles. The Hall–Kier alpha value is -0.0800. The second kappa shape index (κ2) is 6.49. The molecular weight excluding hydrogens is 186 g/mol. The lowest BCUT2D eigenvalue weighted by Crippen LogP contribution is -2.46. The molecule has 0 saturated carbocycles. The third-order valence-corrected chi connectivity index (χ3v) is 3.48. The van der Waals surface area contributed by atoms with Crippen LogP contribution in [0.4, 0.5) is 0 Å². The van der Waals surface area contributed by atoms with Gasteiger partial charge in [-0.3, -0.25) is 4.90 Å². The van der Waals surface area contributed by atoms with E-state index in [1.165, 1.54) is 38.8 Å². The molecule has 1 fully saturated rings.